The fourth-order valence-corrected chi connectivity index (χ4v) is 0.146. The van der Waals surface area contributed by atoms with E-state index < -0.39 is 5.97 Å². The molecule has 0 atom stereocenters. The van der Waals surface area contributed by atoms with E-state index in [1.165, 1.54) is 6.92 Å². The van der Waals surface area contributed by atoms with E-state index in [1.54, 1.807) is 13.8 Å². The third-order valence-corrected chi connectivity index (χ3v) is 0.374. The molecule has 0 aliphatic heterocycles. The standard InChI is InChI=1S/C5H9NO3/c1-4(2)6-9-8-5(3)7/h1-3H3. The first-order valence-corrected chi connectivity index (χ1v) is 2.48. The Morgan fingerprint density at radius 3 is 2.22 bits per heavy atom. The van der Waals surface area contributed by atoms with Gasteiger partial charge >= 0.3 is 5.97 Å². The monoisotopic (exact) mass is 131 g/mol. The van der Waals surface area contributed by atoms with Gasteiger partial charge in [0, 0.05) is 6.92 Å². The van der Waals surface area contributed by atoms with E-state index in [0.29, 0.717) is 5.71 Å². The van der Waals surface area contributed by atoms with E-state index in [1.807, 2.05) is 0 Å². The van der Waals surface area contributed by atoms with Gasteiger partial charge in [0.2, 0.25) is 0 Å². The van der Waals surface area contributed by atoms with E-state index in [9.17, 15) is 4.79 Å². The highest BCUT2D eigenvalue weighted by Gasteiger charge is 1.89. The van der Waals surface area contributed by atoms with Crippen LogP contribution in [0, 0.1) is 0 Å². The SMILES string of the molecule is CC(=O)OON=C(C)C. The second-order valence-electron chi connectivity index (χ2n) is 1.69. The zero-order valence-electron chi connectivity index (χ0n) is 5.67. The summed E-state index contributed by atoms with van der Waals surface area (Å²) in [6, 6.07) is 0. The molecule has 0 N–H and O–H groups in total. The molecule has 0 aromatic heterocycles. The molecule has 4 nitrogen and oxygen atoms in total. The van der Waals surface area contributed by atoms with Crippen LogP contribution in [0.2, 0.25) is 0 Å². The maximum atomic E-state index is 10.0. The number of nitrogens with zero attached hydrogens (tertiary/aromatic N) is 1. The summed E-state index contributed by atoms with van der Waals surface area (Å²) in [5.41, 5.74) is 0.691. The van der Waals surface area contributed by atoms with Gasteiger partial charge in [0.05, 0.1) is 5.71 Å². The Morgan fingerprint density at radius 2 is 1.89 bits per heavy atom. The minimum Gasteiger partial charge on any atom is -0.248 e. The fraction of sp³-hybridized carbons (Fsp3) is 0.600. The summed E-state index contributed by atoms with van der Waals surface area (Å²) in [4.78, 5) is 18.1. The largest absolute Gasteiger partial charge is 0.354 e. The quantitative estimate of drug-likeness (QED) is 0.317. The van der Waals surface area contributed by atoms with Gasteiger partial charge in [0.1, 0.15) is 0 Å². The van der Waals surface area contributed by atoms with E-state index in [0.717, 1.165) is 0 Å². The molecule has 0 aromatic carbocycles. The average molecular weight is 131 g/mol. The van der Waals surface area contributed by atoms with Crippen LogP contribution in [0.4, 0.5) is 0 Å². The maximum absolute atomic E-state index is 10.0. The summed E-state index contributed by atoms with van der Waals surface area (Å²) in [7, 11) is 0. The Balaban J connectivity index is 3.31. The lowest BCUT2D eigenvalue weighted by atomic mass is 10.5. The Kier molecular flexibility index (Phi) is 3.43. The van der Waals surface area contributed by atoms with Gasteiger partial charge in [-0.2, -0.15) is 4.99 Å². The van der Waals surface area contributed by atoms with Crippen LogP contribution in [-0.2, 0) is 14.7 Å². The van der Waals surface area contributed by atoms with Gasteiger partial charge in [-0.1, -0.05) is 0 Å². The third kappa shape index (κ3) is 6.94. The minimum absolute atomic E-state index is 0.514. The van der Waals surface area contributed by atoms with Gasteiger partial charge < -0.3 is 0 Å². The van der Waals surface area contributed by atoms with Crippen molar-refractivity contribution in [2.75, 3.05) is 0 Å². The van der Waals surface area contributed by atoms with Crippen molar-refractivity contribution in [1.29, 1.82) is 0 Å². The molecule has 0 amide bonds. The van der Waals surface area contributed by atoms with Crippen molar-refractivity contribution in [1.82, 2.24) is 0 Å². The Hall–Kier alpha value is -1.06. The third-order valence-electron chi connectivity index (χ3n) is 0.374. The van der Waals surface area contributed by atoms with Crippen LogP contribution in [0.5, 0.6) is 0 Å². The van der Waals surface area contributed by atoms with Crippen molar-refractivity contribution in [3.05, 3.63) is 0 Å². The maximum Gasteiger partial charge on any atom is 0.354 e. The molecule has 0 saturated carbocycles. The summed E-state index contributed by atoms with van der Waals surface area (Å²) in [5.74, 6) is -0.514. The predicted octanol–water partition coefficient (Wildman–Crippen LogP) is 0.877. The van der Waals surface area contributed by atoms with Gasteiger partial charge in [-0.25, -0.2) is 9.68 Å². The lowest BCUT2D eigenvalue weighted by Gasteiger charge is -1.92. The Bertz CT molecular complexity index is 126. The van der Waals surface area contributed by atoms with Crippen molar-refractivity contribution in [2.24, 2.45) is 5.16 Å². The number of carbonyl (C=O) groups is 1. The molecule has 9 heavy (non-hydrogen) atoms. The number of hydrogen-bond donors (Lipinski definition) is 0. The number of carbonyl (C=O) groups excluding carboxylic acids is 1. The van der Waals surface area contributed by atoms with Gasteiger partial charge in [-0.05, 0) is 19.0 Å². The summed E-state index contributed by atoms with van der Waals surface area (Å²) in [5, 5.41) is 3.34. The van der Waals surface area contributed by atoms with E-state index in [4.69, 9.17) is 0 Å². The van der Waals surface area contributed by atoms with Crippen LogP contribution < -0.4 is 0 Å². The summed E-state index contributed by atoms with van der Waals surface area (Å²) >= 11 is 0. The molecule has 0 aliphatic carbocycles. The molecule has 0 aromatic rings. The number of rotatable bonds is 2. The second kappa shape index (κ2) is 3.88. The van der Waals surface area contributed by atoms with Gasteiger partial charge in [-0.15, -0.1) is 0 Å². The van der Waals surface area contributed by atoms with Crippen LogP contribution in [0.15, 0.2) is 5.16 Å². The first-order valence-electron chi connectivity index (χ1n) is 2.48. The molecular weight excluding hydrogens is 122 g/mol. The normalized spacial score (nSPS) is 7.89. The molecule has 0 bridgehead atoms. The van der Waals surface area contributed by atoms with E-state index in [-0.39, 0.29) is 0 Å². The molecule has 0 radical (unpaired) electrons. The molecule has 0 saturated heterocycles. The number of oxime groups is 1. The van der Waals surface area contributed by atoms with Crippen LogP contribution in [0.3, 0.4) is 0 Å². The topological polar surface area (TPSA) is 47.9 Å². The van der Waals surface area contributed by atoms with Gasteiger partial charge in [-0.3, -0.25) is 0 Å². The molecular formula is C5H9NO3. The summed E-state index contributed by atoms with van der Waals surface area (Å²) in [6.07, 6.45) is 0. The highest BCUT2D eigenvalue weighted by molar-refractivity contribution is 5.78. The Labute approximate surface area is 53.4 Å². The first-order chi connectivity index (χ1) is 4.13. The molecule has 52 valence electrons. The van der Waals surface area contributed by atoms with Crippen molar-refractivity contribution in [3.63, 3.8) is 0 Å². The smallest absolute Gasteiger partial charge is 0.248 e. The zero-order valence-corrected chi connectivity index (χ0v) is 5.67. The molecule has 0 spiro atoms. The van der Waals surface area contributed by atoms with E-state index >= 15 is 0 Å². The van der Waals surface area contributed by atoms with Crippen molar-refractivity contribution < 1.29 is 14.7 Å². The highest BCUT2D eigenvalue weighted by atomic mass is 17.3. The molecule has 0 rings (SSSR count). The minimum atomic E-state index is -0.514. The first kappa shape index (κ1) is 7.94. The number of hydrogen-bond acceptors (Lipinski definition) is 4. The molecule has 0 heterocycles. The van der Waals surface area contributed by atoms with E-state index in [2.05, 4.69) is 15.0 Å². The summed E-state index contributed by atoms with van der Waals surface area (Å²) in [6.45, 7) is 4.69. The fourth-order valence-electron chi connectivity index (χ4n) is 0.146. The molecule has 0 aliphatic rings. The predicted molar refractivity (Wildman–Crippen MR) is 31.6 cm³/mol. The lowest BCUT2D eigenvalue weighted by Crippen LogP contribution is -1.96. The van der Waals surface area contributed by atoms with Crippen LogP contribution in [-0.4, -0.2) is 11.7 Å². The van der Waals surface area contributed by atoms with Crippen molar-refractivity contribution >= 4 is 11.7 Å². The average Bonchev–Trinajstić information content (AvgIpc) is 1.63. The molecule has 0 unspecified atom stereocenters. The second-order valence-corrected chi connectivity index (χ2v) is 1.69. The zero-order chi connectivity index (χ0) is 7.28. The molecule has 0 fully saturated rings. The van der Waals surface area contributed by atoms with Crippen LogP contribution >= 0.6 is 0 Å². The lowest BCUT2D eigenvalue weighted by molar-refractivity contribution is -0.271. The van der Waals surface area contributed by atoms with Crippen LogP contribution in [0.25, 0.3) is 0 Å². The van der Waals surface area contributed by atoms with Crippen molar-refractivity contribution in [3.8, 4) is 0 Å². The molecule has 4 heteroatoms. The van der Waals surface area contributed by atoms with Crippen LogP contribution in [0.1, 0.15) is 20.8 Å². The van der Waals surface area contributed by atoms with Crippen molar-refractivity contribution in [2.45, 2.75) is 20.8 Å². The van der Waals surface area contributed by atoms with Gasteiger partial charge in [0.25, 0.3) is 0 Å². The Morgan fingerprint density at radius 1 is 1.33 bits per heavy atom. The van der Waals surface area contributed by atoms with Gasteiger partial charge in [0.15, 0.2) is 0 Å². The summed E-state index contributed by atoms with van der Waals surface area (Å²) < 4.78 is 0. The highest BCUT2D eigenvalue weighted by Crippen LogP contribution is 1.81.